The predicted molar refractivity (Wildman–Crippen MR) is 205 cm³/mol. The monoisotopic (exact) mass is 684 g/mol. The summed E-state index contributed by atoms with van der Waals surface area (Å²) >= 11 is 0. The maximum Gasteiger partial charge on any atom is 1.00 e. The van der Waals surface area contributed by atoms with E-state index < -0.39 is 13.9 Å². The minimum Gasteiger partial charge on any atom is -0.502 e. The van der Waals surface area contributed by atoms with Gasteiger partial charge in [-0.15, -0.1) is 0 Å². The predicted octanol–water partition coefficient (Wildman–Crippen LogP) is 8.17. The van der Waals surface area contributed by atoms with Crippen LogP contribution < -0.4 is 23.6 Å². The molecule has 0 saturated heterocycles. The molecule has 0 amide bonds. The van der Waals surface area contributed by atoms with Crippen molar-refractivity contribution in [1.29, 1.82) is 0 Å². The van der Waals surface area contributed by atoms with E-state index in [4.69, 9.17) is 18.6 Å². The second kappa shape index (κ2) is 19.6. The molecule has 4 aromatic carbocycles. The van der Waals surface area contributed by atoms with Crippen LogP contribution in [0.15, 0.2) is 122 Å². The second-order valence-electron chi connectivity index (χ2n) is 14.6. The fourth-order valence-electron chi connectivity index (χ4n) is 6.14. The van der Waals surface area contributed by atoms with Crippen LogP contribution in [0, 0.1) is 12.0 Å². The first-order valence-corrected chi connectivity index (χ1v) is 20.7. The molecule has 3 atom stereocenters. The Balaban J connectivity index is 0.00000676. The molecule has 0 aliphatic rings. The average Bonchev–Trinajstić information content (AvgIpc) is 3.11. The van der Waals surface area contributed by atoms with E-state index in [0.717, 1.165) is 47.3 Å². The summed E-state index contributed by atoms with van der Waals surface area (Å²) in [5, 5.41) is 0.103. The third kappa shape index (κ3) is 10.8. The van der Waals surface area contributed by atoms with Crippen LogP contribution in [0.5, 0.6) is 5.75 Å². The van der Waals surface area contributed by atoms with Gasteiger partial charge >= 0.3 is 18.9 Å². The molecule has 4 nitrogen and oxygen atoms in total. The molecule has 50 heavy (non-hydrogen) atoms. The molecule has 0 bridgehead atoms. The van der Waals surface area contributed by atoms with Gasteiger partial charge in [0, 0.05) is 18.6 Å². The summed E-state index contributed by atoms with van der Waals surface area (Å²) in [6.07, 6.45) is 6.55. The van der Waals surface area contributed by atoms with Gasteiger partial charge < -0.3 is 24.7 Å². The van der Waals surface area contributed by atoms with E-state index in [9.17, 15) is 0 Å². The summed E-state index contributed by atoms with van der Waals surface area (Å²) in [6, 6.07) is 39.9. The van der Waals surface area contributed by atoms with Gasteiger partial charge in [-0.25, -0.2) is 0 Å². The number of unbranched alkanes of at least 4 members (excludes halogenated alkanes) is 1. The summed E-state index contributed by atoms with van der Waals surface area (Å²) < 4.78 is 26.2. The third-order valence-corrected chi connectivity index (χ3v) is 14.6. The van der Waals surface area contributed by atoms with Gasteiger partial charge in [0.2, 0.25) is 0 Å². The van der Waals surface area contributed by atoms with Crippen molar-refractivity contribution in [3.63, 3.8) is 0 Å². The molecule has 0 aliphatic heterocycles. The number of ether oxygens (including phenoxy) is 3. The van der Waals surface area contributed by atoms with E-state index in [0.29, 0.717) is 19.6 Å². The molecule has 0 aliphatic carbocycles. The fraction of sp³-hybridized carbons (Fsp3) is 0.409. The Labute approximate surface area is 315 Å². The van der Waals surface area contributed by atoms with Crippen molar-refractivity contribution in [1.82, 2.24) is 0 Å². The van der Waals surface area contributed by atoms with Crippen LogP contribution in [0.4, 0.5) is 0 Å². The van der Waals surface area contributed by atoms with Gasteiger partial charge in [0.05, 0.1) is 19.8 Å². The number of hydrogen-bond donors (Lipinski definition) is 0. The maximum atomic E-state index is 7.08. The van der Waals surface area contributed by atoms with E-state index in [1.807, 2.05) is 12.1 Å². The van der Waals surface area contributed by atoms with Crippen LogP contribution in [0.2, 0.25) is 18.1 Å². The average molecular weight is 685 g/mol. The number of benzene rings is 4. The van der Waals surface area contributed by atoms with Gasteiger partial charge in [-0.05, 0) is 71.8 Å². The van der Waals surface area contributed by atoms with E-state index >= 15 is 0 Å². The molecule has 0 heterocycles. The quantitative estimate of drug-likeness (QED) is 0.0432. The van der Waals surface area contributed by atoms with Crippen LogP contribution in [0.25, 0.3) is 0 Å². The molecule has 0 fully saturated rings. The molecule has 262 valence electrons. The number of hydrogen-bond acceptors (Lipinski definition) is 4. The molecule has 0 saturated carbocycles. The van der Waals surface area contributed by atoms with Crippen LogP contribution in [-0.2, 0) is 26.1 Å². The molecule has 0 aromatic heterocycles. The third-order valence-electron chi connectivity index (χ3n) is 10.1. The number of methoxy groups -OCH3 is 1. The van der Waals surface area contributed by atoms with Gasteiger partial charge in [-0.1, -0.05) is 131 Å². The normalized spacial score (nSPS) is 13.9. The van der Waals surface area contributed by atoms with Crippen molar-refractivity contribution >= 4 is 8.32 Å². The summed E-state index contributed by atoms with van der Waals surface area (Å²) in [4.78, 5) is 0. The van der Waals surface area contributed by atoms with Crippen LogP contribution in [0.1, 0.15) is 75.6 Å². The van der Waals surface area contributed by atoms with Crippen LogP contribution in [0.3, 0.4) is 0 Å². The molecule has 0 N–H and O–H groups in total. The Hall–Kier alpha value is -2.89. The van der Waals surface area contributed by atoms with Gasteiger partial charge in [-0.2, -0.15) is 6.42 Å². The zero-order valence-corrected chi connectivity index (χ0v) is 32.8. The molecule has 0 unspecified atom stereocenters. The van der Waals surface area contributed by atoms with E-state index in [2.05, 4.69) is 157 Å². The summed E-state index contributed by atoms with van der Waals surface area (Å²) in [6.45, 7) is 18.9. The topological polar surface area (TPSA) is 36.9 Å². The van der Waals surface area contributed by atoms with Crippen molar-refractivity contribution in [2.45, 2.75) is 95.9 Å². The standard InChI is InChI=1S/C44H57O4Si.Li/c1-9-21-42(48-49(7,8)43(3,4)5)35(2)41(46-34-36-29-31-40(45-6)32-30-36)28-19-20-33-47-44(37-22-13-10-14-23-37,38-24-15-11-16-25-38)39-26-17-12-18-27-39;/h10-18,22-27,29-32,35,41-42H,1,19-21,28,33-34H2,2-8H3;/q-1;+1/t35-,41+,42-;/m0./s1. The molecular weight excluding hydrogens is 628 g/mol. The van der Waals surface area contributed by atoms with Gasteiger partial charge in [0.25, 0.3) is 0 Å². The Kier molecular flexibility index (Phi) is 16.3. The van der Waals surface area contributed by atoms with Gasteiger partial charge in [0.1, 0.15) is 11.4 Å². The Bertz CT molecular complexity index is 1420. The van der Waals surface area contributed by atoms with Crippen LogP contribution >= 0.6 is 0 Å². The Morgan fingerprint density at radius 3 is 1.66 bits per heavy atom. The van der Waals surface area contributed by atoms with Crippen molar-refractivity contribution in [2.24, 2.45) is 5.92 Å². The number of rotatable bonds is 19. The maximum absolute atomic E-state index is 7.08. The van der Waals surface area contributed by atoms with E-state index in [1.54, 1.807) is 7.11 Å². The molecule has 0 spiro atoms. The molecule has 4 aromatic rings. The van der Waals surface area contributed by atoms with Crippen molar-refractivity contribution in [2.75, 3.05) is 13.7 Å². The first-order chi connectivity index (χ1) is 23.5. The van der Waals surface area contributed by atoms with Crippen LogP contribution in [-0.4, -0.2) is 34.2 Å². The molecular formula is C44H57LiO4Si. The smallest absolute Gasteiger partial charge is 0.502 e. The first kappa shape index (κ1) is 41.5. The van der Waals surface area contributed by atoms with Crippen molar-refractivity contribution in [3.05, 3.63) is 150 Å². The summed E-state index contributed by atoms with van der Waals surface area (Å²) in [5.41, 5.74) is 3.76. The zero-order valence-electron chi connectivity index (χ0n) is 31.8. The minimum absolute atomic E-state index is 0. The first-order valence-electron chi connectivity index (χ1n) is 17.7. The summed E-state index contributed by atoms with van der Waals surface area (Å²) in [5.74, 6) is 0.996. The summed E-state index contributed by atoms with van der Waals surface area (Å²) in [7, 11) is -0.340. The Morgan fingerprint density at radius 1 is 0.720 bits per heavy atom. The molecule has 6 heteroatoms. The minimum atomic E-state index is -2.03. The van der Waals surface area contributed by atoms with E-state index in [1.165, 1.54) is 0 Å². The van der Waals surface area contributed by atoms with Gasteiger partial charge in [0.15, 0.2) is 8.32 Å². The second-order valence-corrected chi connectivity index (χ2v) is 19.3. The van der Waals surface area contributed by atoms with E-state index in [-0.39, 0.29) is 42.0 Å². The van der Waals surface area contributed by atoms with Crippen molar-refractivity contribution < 1.29 is 37.5 Å². The Morgan fingerprint density at radius 2 is 1.22 bits per heavy atom. The SMILES string of the molecule is C=[C-]C[C@H](O[Si](C)(C)C(C)(C)C)[C@@H](C)[C@@H](CCCCOC(c1ccccc1)(c1ccccc1)c1ccccc1)OCc1ccc(OC)cc1.[Li+]. The van der Waals surface area contributed by atoms with Gasteiger partial charge in [-0.3, -0.25) is 6.58 Å². The largest absolute Gasteiger partial charge is 1.00 e. The zero-order chi connectivity index (χ0) is 35.3. The van der Waals surface area contributed by atoms with Crippen molar-refractivity contribution in [3.8, 4) is 5.75 Å². The fourth-order valence-corrected chi connectivity index (χ4v) is 7.54. The molecule has 0 radical (unpaired) electrons. The molecule has 4 rings (SSSR count).